The normalized spacial score (nSPS) is 16.7. The number of para-hydroxylation sites is 3. The van der Waals surface area contributed by atoms with Crippen molar-refractivity contribution in [1.82, 2.24) is 9.97 Å². The van der Waals surface area contributed by atoms with Crippen LogP contribution in [0.25, 0.3) is 11.0 Å². The molecule has 2 aliphatic rings. The third-order valence-electron chi connectivity index (χ3n) is 6.96. The standard InChI is InChI=1S/C33H23ClN6O/c1-22-27(33(41)40(37-22)26-15-9-4-10-16-26)18-20-30-38(24-11-5-2-6-12-24)31-32(39(30)25-13-7-3-8-14-25)36-29-21-23(34)17-19-28(29)35-31/h2-21H,1H3. The van der Waals surface area contributed by atoms with Gasteiger partial charge in [0.15, 0.2) is 11.6 Å². The van der Waals surface area contributed by atoms with Gasteiger partial charge in [0.1, 0.15) is 5.82 Å². The molecule has 1 aromatic heterocycles. The molecule has 0 fully saturated rings. The van der Waals surface area contributed by atoms with Gasteiger partial charge in [-0.15, -0.1) is 0 Å². The second-order valence-electron chi connectivity index (χ2n) is 9.59. The monoisotopic (exact) mass is 554 g/mol. The van der Waals surface area contributed by atoms with Gasteiger partial charge in [-0.3, -0.25) is 14.6 Å². The Morgan fingerprint density at radius 2 is 1.20 bits per heavy atom. The van der Waals surface area contributed by atoms with Gasteiger partial charge in [-0.1, -0.05) is 66.2 Å². The Kier molecular flexibility index (Phi) is 6.06. The molecular weight excluding hydrogens is 532 g/mol. The van der Waals surface area contributed by atoms with Gasteiger partial charge >= 0.3 is 0 Å². The lowest BCUT2D eigenvalue weighted by molar-refractivity contribution is -0.114. The minimum atomic E-state index is -0.185. The van der Waals surface area contributed by atoms with Crippen molar-refractivity contribution in [2.24, 2.45) is 5.10 Å². The summed E-state index contributed by atoms with van der Waals surface area (Å²) in [5, 5.41) is 6.57. The Bertz CT molecular complexity index is 1890. The van der Waals surface area contributed by atoms with Crippen molar-refractivity contribution in [1.29, 1.82) is 0 Å². The number of halogens is 1. The predicted octanol–water partition coefficient (Wildman–Crippen LogP) is 7.76. The van der Waals surface area contributed by atoms with Crippen molar-refractivity contribution < 1.29 is 4.79 Å². The van der Waals surface area contributed by atoms with Crippen molar-refractivity contribution in [2.45, 2.75) is 6.92 Å². The van der Waals surface area contributed by atoms with E-state index in [9.17, 15) is 4.79 Å². The van der Waals surface area contributed by atoms with Crippen LogP contribution in [0.15, 0.2) is 138 Å². The van der Waals surface area contributed by atoms with E-state index in [2.05, 4.69) is 10.0 Å². The number of carbonyl (C=O) groups excluding carboxylic acids is 1. The van der Waals surface area contributed by atoms with Crippen molar-refractivity contribution in [3.63, 3.8) is 0 Å². The fraction of sp³-hybridized carbons (Fsp3) is 0.0303. The molecule has 7 rings (SSSR count). The molecule has 2 aliphatic heterocycles. The number of hydrazone groups is 1. The van der Waals surface area contributed by atoms with E-state index in [1.807, 2.05) is 133 Å². The Morgan fingerprint density at radius 3 is 1.78 bits per heavy atom. The lowest BCUT2D eigenvalue weighted by atomic mass is 10.1. The van der Waals surface area contributed by atoms with Crippen LogP contribution >= 0.6 is 11.6 Å². The summed E-state index contributed by atoms with van der Waals surface area (Å²) in [5.41, 5.74) is 5.11. The Morgan fingerprint density at radius 1 is 0.659 bits per heavy atom. The molecule has 7 nitrogen and oxygen atoms in total. The van der Waals surface area contributed by atoms with E-state index in [0.717, 1.165) is 28.4 Å². The molecule has 5 aromatic rings. The summed E-state index contributed by atoms with van der Waals surface area (Å²) in [6.45, 7) is 1.85. The van der Waals surface area contributed by atoms with Gasteiger partial charge in [0, 0.05) is 16.4 Å². The second-order valence-corrected chi connectivity index (χ2v) is 10.0. The van der Waals surface area contributed by atoms with Gasteiger partial charge < -0.3 is 0 Å². The molecule has 8 heteroatoms. The average Bonchev–Trinajstić information content (AvgIpc) is 3.48. The minimum absolute atomic E-state index is 0.185. The maximum absolute atomic E-state index is 13.5. The summed E-state index contributed by atoms with van der Waals surface area (Å²) < 4.78 is 0. The van der Waals surface area contributed by atoms with Crippen molar-refractivity contribution in [3.8, 4) is 0 Å². The van der Waals surface area contributed by atoms with E-state index < -0.39 is 0 Å². The molecule has 0 saturated carbocycles. The number of benzene rings is 4. The third kappa shape index (κ3) is 4.33. The summed E-state index contributed by atoms with van der Waals surface area (Å²) in [4.78, 5) is 27.7. The smallest absolute Gasteiger partial charge is 0.277 e. The van der Waals surface area contributed by atoms with Crippen molar-refractivity contribution in [3.05, 3.63) is 138 Å². The number of amides is 1. The van der Waals surface area contributed by atoms with Crippen LogP contribution in [-0.4, -0.2) is 21.6 Å². The molecule has 198 valence electrons. The summed E-state index contributed by atoms with van der Waals surface area (Å²) in [5.74, 6) is 1.92. The summed E-state index contributed by atoms with van der Waals surface area (Å²) in [7, 11) is 0. The maximum atomic E-state index is 13.5. The van der Waals surface area contributed by atoms with E-state index >= 15 is 0 Å². The fourth-order valence-corrected chi connectivity index (χ4v) is 5.22. The van der Waals surface area contributed by atoms with E-state index in [-0.39, 0.29) is 5.91 Å². The van der Waals surface area contributed by atoms with Crippen molar-refractivity contribution in [2.75, 3.05) is 14.8 Å². The highest BCUT2D eigenvalue weighted by atomic mass is 35.5. The SMILES string of the molecule is CC1=NN(c2ccccc2)C(=O)C1=CC=C1N(c2ccccc2)c2nc3ccc(Cl)cc3nc2N1c1ccccc1. The highest BCUT2D eigenvalue weighted by molar-refractivity contribution is 6.31. The number of hydrogen-bond acceptors (Lipinski definition) is 6. The molecule has 0 aliphatic carbocycles. The van der Waals surface area contributed by atoms with E-state index in [1.54, 1.807) is 0 Å². The molecule has 0 spiro atoms. The molecule has 0 unspecified atom stereocenters. The zero-order valence-electron chi connectivity index (χ0n) is 22.0. The molecule has 41 heavy (non-hydrogen) atoms. The predicted molar refractivity (Wildman–Crippen MR) is 165 cm³/mol. The van der Waals surface area contributed by atoms with Gasteiger partial charge in [0.05, 0.1) is 28.0 Å². The van der Waals surface area contributed by atoms with Gasteiger partial charge in [0.2, 0.25) is 0 Å². The number of nitrogens with zero attached hydrogens (tertiary/aromatic N) is 6. The highest BCUT2D eigenvalue weighted by Gasteiger charge is 2.37. The lowest BCUT2D eigenvalue weighted by Crippen LogP contribution is -2.23. The number of aromatic nitrogens is 2. The number of hydrogen-bond donors (Lipinski definition) is 0. The quantitative estimate of drug-likeness (QED) is 0.212. The topological polar surface area (TPSA) is 64.9 Å². The van der Waals surface area contributed by atoms with Crippen LogP contribution < -0.4 is 14.8 Å². The Balaban J connectivity index is 1.42. The molecule has 0 radical (unpaired) electrons. The van der Waals surface area contributed by atoms with Gasteiger partial charge in [-0.25, -0.2) is 9.97 Å². The third-order valence-corrected chi connectivity index (χ3v) is 7.20. The molecule has 0 saturated heterocycles. The average molecular weight is 555 g/mol. The molecular formula is C33H23ClN6O. The molecule has 0 N–H and O–H groups in total. The molecule has 0 bridgehead atoms. The van der Waals surface area contributed by atoms with Crippen molar-refractivity contribution >= 4 is 63.0 Å². The van der Waals surface area contributed by atoms with Crippen LogP contribution in [0.5, 0.6) is 0 Å². The van der Waals surface area contributed by atoms with Crippen LogP contribution in [0.1, 0.15) is 6.92 Å². The van der Waals surface area contributed by atoms with Crippen LogP contribution in [0.2, 0.25) is 5.02 Å². The van der Waals surface area contributed by atoms with Crippen LogP contribution in [0.4, 0.5) is 28.7 Å². The summed E-state index contributed by atoms with van der Waals surface area (Å²) >= 11 is 6.32. The highest BCUT2D eigenvalue weighted by Crippen LogP contribution is 2.48. The first-order valence-corrected chi connectivity index (χ1v) is 13.5. The molecule has 1 amide bonds. The first-order valence-electron chi connectivity index (χ1n) is 13.1. The van der Waals surface area contributed by atoms with E-state index in [0.29, 0.717) is 33.5 Å². The van der Waals surface area contributed by atoms with E-state index in [1.165, 1.54) is 5.01 Å². The van der Waals surface area contributed by atoms with E-state index in [4.69, 9.17) is 21.6 Å². The molecule has 3 heterocycles. The van der Waals surface area contributed by atoms with Crippen LogP contribution in [0, 0.1) is 0 Å². The lowest BCUT2D eigenvalue weighted by Gasteiger charge is -2.24. The second kappa shape index (κ2) is 10.0. The number of fused-ring (bicyclic) bond motifs is 2. The fourth-order valence-electron chi connectivity index (χ4n) is 5.05. The molecule has 4 aromatic carbocycles. The van der Waals surface area contributed by atoms with Gasteiger partial charge in [-0.05, 0) is 73.7 Å². The Hall–Kier alpha value is -5.27. The Labute approximate surface area is 241 Å². The largest absolute Gasteiger partial charge is 0.280 e. The number of anilines is 5. The van der Waals surface area contributed by atoms with Crippen LogP contribution in [0.3, 0.4) is 0 Å². The zero-order chi connectivity index (χ0) is 27.9. The van der Waals surface area contributed by atoms with Crippen LogP contribution in [-0.2, 0) is 4.79 Å². The zero-order valence-corrected chi connectivity index (χ0v) is 22.8. The maximum Gasteiger partial charge on any atom is 0.280 e. The first kappa shape index (κ1) is 24.7. The minimum Gasteiger partial charge on any atom is -0.277 e. The number of allylic oxidation sites excluding steroid dienone is 2. The van der Waals surface area contributed by atoms with Gasteiger partial charge in [-0.2, -0.15) is 10.1 Å². The molecule has 0 atom stereocenters. The number of rotatable bonds is 4. The number of carbonyl (C=O) groups is 1. The summed E-state index contributed by atoms with van der Waals surface area (Å²) in [6, 6.07) is 34.9. The first-order chi connectivity index (χ1) is 20.1. The van der Waals surface area contributed by atoms with Gasteiger partial charge in [0.25, 0.3) is 5.91 Å². The summed E-state index contributed by atoms with van der Waals surface area (Å²) in [6.07, 6.45) is 3.76.